The van der Waals surface area contributed by atoms with Crippen LogP contribution in [-0.2, 0) is 21.9 Å². The molecule has 0 saturated carbocycles. The Bertz CT molecular complexity index is 1220. The number of alkyl halides is 6. The zero-order chi connectivity index (χ0) is 25.8. The SMILES string of the molecule is COC=C(C=O)c1ccc(NC(=O)Nc2cc(C(F)(F)F)cc(C(F)(F)F)c2)c(-c2nnn[nH]2)c1. The van der Waals surface area contributed by atoms with Gasteiger partial charge in [-0.1, -0.05) is 6.07 Å². The quantitative estimate of drug-likeness (QED) is 0.195. The Kier molecular flexibility index (Phi) is 7.07. The van der Waals surface area contributed by atoms with Gasteiger partial charge >= 0.3 is 18.4 Å². The normalized spacial score (nSPS) is 12.3. The van der Waals surface area contributed by atoms with Gasteiger partial charge in [-0.2, -0.15) is 26.3 Å². The summed E-state index contributed by atoms with van der Waals surface area (Å²) in [6.07, 6.45) is -8.49. The van der Waals surface area contributed by atoms with E-state index in [9.17, 15) is 35.9 Å². The molecule has 15 heteroatoms. The molecule has 0 radical (unpaired) electrons. The first-order chi connectivity index (χ1) is 16.4. The van der Waals surface area contributed by atoms with Gasteiger partial charge in [-0.05, 0) is 46.3 Å². The molecule has 2 aromatic carbocycles. The van der Waals surface area contributed by atoms with Gasteiger partial charge in [0.2, 0.25) is 0 Å². The average molecular weight is 500 g/mol. The number of hydrogen-bond donors (Lipinski definition) is 3. The van der Waals surface area contributed by atoms with Crippen molar-refractivity contribution >= 4 is 29.3 Å². The third kappa shape index (κ3) is 6.13. The lowest BCUT2D eigenvalue weighted by molar-refractivity contribution is -0.143. The summed E-state index contributed by atoms with van der Waals surface area (Å²) in [4.78, 5) is 23.8. The molecule has 9 nitrogen and oxygen atoms in total. The van der Waals surface area contributed by atoms with Gasteiger partial charge in [0.15, 0.2) is 12.1 Å². The number of benzene rings is 2. The summed E-state index contributed by atoms with van der Waals surface area (Å²) in [6, 6.07) is 3.66. The number of nitrogens with one attached hydrogen (secondary N) is 3. The summed E-state index contributed by atoms with van der Waals surface area (Å²) in [5, 5.41) is 17.3. The average Bonchev–Trinajstić information content (AvgIpc) is 3.31. The first-order valence-corrected chi connectivity index (χ1v) is 9.36. The van der Waals surface area contributed by atoms with E-state index in [1.54, 1.807) is 0 Å². The number of aromatic nitrogens is 4. The lowest BCUT2D eigenvalue weighted by Gasteiger charge is -2.16. The maximum absolute atomic E-state index is 13.1. The van der Waals surface area contributed by atoms with Crippen LogP contribution in [0.15, 0.2) is 42.7 Å². The minimum atomic E-state index is -5.08. The largest absolute Gasteiger partial charge is 0.504 e. The van der Waals surface area contributed by atoms with E-state index in [4.69, 9.17) is 4.74 Å². The third-order valence-corrected chi connectivity index (χ3v) is 4.42. The van der Waals surface area contributed by atoms with Crippen LogP contribution in [0.1, 0.15) is 16.7 Å². The molecule has 3 N–H and O–H groups in total. The first kappa shape index (κ1) is 25.2. The van der Waals surface area contributed by atoms with Crippen LogP contribution in [0.5, 0.6) is 0 Å². The van der Waals surface area contributed by atoms with Gasteiger partial charge in [-0.25, -0.2) is 9.89 Å². The van der Waals surface area contributed by atoms with Gasteiger partial charge in [0.05, 0.1) is 35.8 Å². The molecule has 0 aliphatic rings. The molecule has 0 aliphatic carbocycles. The maximum Gasteiger partial charge on any atom is 0.416 e. The predicted octanol–water partition coefficient (Wildman–Crippen LogP) is 4.73. The highest BCUT2D eigenvalue weighted by Crippen LogP contribution is 2.37. The monoisotopic (exact) mass is 500 g/mol. The topological polar surface area (TPSA) is 122 Å². The number of urea groups is 1. The number of amides is 2. The van der Waals surface area contributed by atoms with E-state index in [0.717, 1.165) is 6.26 Å². The molecule has 0 atom stereocenters. The van der Waals surface area contributed by atoms with E-state index < -0.39 is 35.2 Å². The van der Waals surface area contributed by atoms with Crippen LogP contribution in [0.2, 0.25) is 0 Å². The van der Waals surface area contributed by atoms with E-state index in [1.165, 1.54) is 25.3 Å². The number of halogens is 6. The summed E-state index contributed by atoms with van der Waals surface area (Å²) in [7, 11) is 1.32. The summed E-state index contributed by atoms with van der Waals surface area (Å²) in [5.74, 6) is 0.0447. The molecular weight excluding hydrogens is 486 g/mol. The van der Waals surface area contributed by atoms with Gasteiger partial charge in [0.25, 0.3) is 0 Å². The molecule has 1 aromatic heterocycles. The number of aromatic amines is 1. The number of ether oxygens (including phenoxy) is 1. The molecule has 0 fully saturated rings. The van der Waals surface area contributed by atoms with Crippen LogP contribution in [0.3, 0.4) is 0 Å². The Labute approximate surface area is 192 Å². The van der Waals surface area contributed by atoms with Gasteiger partial charge in [-0.3, -0.25) is 4.79 Å². The standard InChI is InChI=1S/C20H14F6N6O3/c1-35-9-11(8-33)10-2-3-16(15(4-10)17-29-31-32-30-17)28-18(34)27-14-6-12(19(21,22)23)5-13(7-14)20(24,25)26/h2-9H,1H3,(H2,27,28,34)(H,29,30,31,32). The number of allylic oxidation sites excluding steroid dienone is 1. The van der Waals surface area contributed by atoms with Crippen LogP contribution in [0.4, 0.5) is 42.5 Å². The number of carbonyl (C=O) groups is 2. The minimum absolute atomic E-state index is 0.0236. The number of nitrogens with zero attached hydrogens (tertiary/aromatic N) is 3. The van der Waals surface area contributed by atoms with E-state index in [0.29, 0.717) is 24.0 Å². The second kappa shape index (κ2) is 9.82. The number of rotatable bonds is 6. The summed E-state index contributed by atoms with van der Waals surface area (Å²) >= 11 is 0. The molecule has 2 amide bonds. The van der Waals surface area contributed by atoms with Gasteiger partial charge < -0.3 is 15.4 Å². The van der Waals surface area contributed by atoms with E-state index in [2.05, 4.69) is 25.9 Å². The van der Waals surface area contributed by atoms with Gasteiger partial charge in [0, 0.05) is 11.3 Å². The maximum atomic E-state index is 13.1. The summed E-state index contributed by atoms with van der Waals surface area (Å²) < 4.78 is 83.2. The highest BCUT2D eigenvalue weighted by molar-refractivity contribution is 6.08. The third-order valence-electron chi connectivity index (χ3n) is 4.42. The summed E-state index contributed by atoms with van der Waals surface area (Å²) in [6.45, 7) is 0. The summed E-state index contributed by atoms with van der Waals surface area (Å²) in [5.41, 5.74) is -3.27. The molecule has 0 bridgehead atoms. The number of anilines is 2. The zero-order valence-electron chi connectivity index (χ0n) is 17.5. The van der Waals surface area contributed by atoms with Crippen molar-refractivity contribution in [1.29, 1.82) is 0 Å². The molecule has 3 aromatic rings. The highest BCUT2D eigenvalue weighted by Gasteiger charge is 2.37. The Morgan fingerprint density at radius 2 is 1.66 bits per heavy atom. The van der Waals surface area contributed by atoms with E-state index >= 15 is 0 Å². The lowest BCUT2D eigenvalue weighted by Crippen LogP contribution is -2.21. The van der Waals surface area contributed by atoms with Crippen molar-refractivity contribution in [3.8, 4) is 11.4 Å². The number of H-pyrrole nitrogens is 1. The van der Waals surface area contributed by atoms with Crippen molar-refractivity contribution < 1.29 is 40.7 Å². The van der Waals surface area contributed by atoms with Gasteiger partial charge in [-0.15, -0.1) is 5.10 Å². The molecule has 184 valence electrons. The van der Waals surface area contributed by atoms with Crippen LogP contribution in [0.25, 0.3) is 17.0 Å². The number of hydrogen-bond acceptors (Lipinski definition) is 6. The smallest absolute Gasteiger partial charge is 0.416 e. The molecular formula is C20H14F6N6O3. The fourth-order valence-corrected chi connectivity index (χ4v) is 2.90. The molecule has 0 spiro atoms. The van der Waals surface area contributed by atoms with Crippen LogP contribution >= 0.6 is 0 Å². The van der Waals surface area contributed by atoms with Crippen molar-refractivity contribution in [2.45, 2.75) is 12.4 Å². The van der Waals surface area contributed by atoms with Crippen LogP contribution in [-0.4, -0.2) is 40.1 Å². The minimum Gasteiger partial charge on any atom is -0.504 e. The highest BCUT2D eigenvalue weighted by atomic mass is 19.4. The second-order valence-electron chi connectivity index (χ2n) is 6.81. The number of carbonyl (C=O) groups excluding carboxylic acids is 2. The zero-order valence-corrected chi connectivity index (χ0v) is 17.5. The number of tetrazole rings is 1. The first-order valence-electron chi connectivity index (χ1n) is 9.36. The molecule has 1 heterocycles. The Hall–Kier alpha value is -4.43. The van der Waals surface area contributed by atoms with Crippen molar-refractivity contribution in [2.24, 2.45) is 0 Å². The van der Waals surface area contributed by atoms with Crippen molar-refractivity contribution in [1.82, 2.24) is 20.6 Å². The fraction of sp³-hybridized carbons (Fsp3) is 0.150. The lowest BCUT2D eigenvalue weighted by atomic mass is 10.0. The Morgan fingerprint density at radius 1 is 1.00 bits per heavy atom. The Balaban J connectivity index is 1.94. The predicted molar refractivity (Wildman–Crippen MR) is 110 cm³/mol. The Morgan fingerprint density at radius 3 is 2.17 bits per heavy atom. The fourth-order valence-electron chi connectivity index (χ4n) is 2.90. The van der Waals surface area contributed by atoms with Crippen LogP contribution in [0, 0.1) is 0 Å². The molecule has 35 heavy (non-hydrogen) atoms. The molecule has 3 rings (SSSR count). The molecule has 0 aliphatic heterocycles. The molecule has 0 unspecified atom stereocenters. The molecule has 0 saturated heterocycles. The van der Waals surface area contributed by atoms with Crippen LogP contribution < -0.4 is 10.6 Å². The van der Waals surface area contributed by atoms with Crippen molar-refractivity contribution in [2.75, 3.05) is 17.7 Å². The van der Waals surface area contributed by atoms with Crippen molar-refractivity contribution in [3.63, 3.8) is 0 Å². The van der Waals surface area contributed by atoms with Gasteiger partial charge in [0.1, 0.15) is 0 Å². The van der Waals surface area contributed by atoms with E-state index in [-0.39, 0.29) is 28.7 Å². The number of aldehydes is 1. The second-order valence-corrected chi connectivity index (χ2v) is 6.81. The van der Waals surface area contributed by atoms with E-state index in [1.807, 2.05) is 5.32 Å². The number of methoxy groups -OCH3 is 1. The van der Waals surface area contributed by atoms with Crippen molar-refractivity contribution in [3.05, 3.63) is 59.4 Å².